The number of aromatic nitrogens is 2. The van der Waals surface area contributed by atoms with E-state index in [0.29, 0.717) is 5.75 Å². The predicted molar refractivity (Wildman–Crippen MR) is 49.6 cm³/mol. The first kappa shape index (κ1) is 9.45. The van der Waals surface area contributed by atoms with Gasteiger partial charge < -0.3 is 14.8 Å². The van der Waals surface area contributed by atoms with Crippen molar-refractivity contribution in [1.29, 1.82) is 0 Å². The molecule has 2 N–H and O–H groups in total. The number of hydrogen-bond donors (Lipinski definition) is 2. The molecule has 0 aliphatic rings. The molecule has 1 aromatic heterocycles. The largest absolute Gasteiger partial charge is 0.494 e. The molecule has 0 atom stereocenters. The Morgan fingerprint density at radius 1 is 1.60 bits per heavy atom. The smallest absolute Gasteiger partial charge is 0.371 e. The highest BCUT2D eigenvalue weighted by Gasteiger charge is 2.15. The van der Waals surface area contributed by atoms with E-state index in [1.807, 2.05) is 0 Å². The van der Waals surface area contributed by atoms with Crippen LogP contribution < -0.4 is 4.74 Å². The number of imidazole rings is 1. The van der Waals surface area contributed by atoms with E-state index in [9.17, 15) is 9.18 Å². The Bertz CT molecular complexity index is 535. The van der Waals surface area contributed by atoms with Crippen LogP contribution in [0.4, 0.5) is 4.39 Å². The number of carbonyl (C=O) groups is 1. The van der Waals surface area contributed by atoms with E-state index in [2.05, 4.69) is 9.97 Å². The standard InChI is InChI=1S/C9H7FN2O3/c1-15-5-3-2-4(10)6-7(5)12-8(11-6)9(13)14/h2-3H,1H3,(H,11,12)(H,13,14). The number of fused-ring (bicyclic) bond motifs is 1. The number of hydrogen-bond acceptors (Lipinski definition) is 3. The van der Waals surface area contributed by atoms with Gasteiger partial charge in [0, 0.05) is 0 Å². The van der Waals surface area contributed by atoms with Crippen LogP contribution in [0.25, 0.3) is 11.0 Å². The molecule has 0 amide bonds. The van der Waals surface area contributed by atoms with E-state index in [1.165, 1.54) is 19.2 Å². The molecule has 1 aromatic carbocycles. The second kappa shape index (κ2) is 3.23. The maximum absolute atomic E-state index is 13.2. The Morgan fingerprint density at radius 2 is 2.33 bits per heavy atom. The van der Waals surface area contributed by atoms with Crippen LogP contribution in [0.5, 0.6) is 5.75 Å². The summed E-state index contributed by atoms with van der Waals surface area (Å²) in [6.07, 6.45) is 0. The van der Waals surface area contributed by atoms with Crippen molar-refractivity contribution in [3.63, 3.8) is 0 Å². The maximum Gasteiger partial charge on any atom is 0.371 e. The number of methoxy groups -OCH3 is 1. The summed E-state index contributed by atoms with van der Waals surface area (Å²) in [6.45, 7) is 0. The van der Waals surface area contributed by atoms with Gasteiger partial charge in [0.25, 0.3) is 0 Å². The highest BCUT2D eigenvalue weighted by Crippen LogP contribution is 2.25. The Labute approximate surface area is 83.5 Å². The number of carboxylic acid groups (broad SMARTS) is 1. The normalized spacial score (nSPS) is 10.5. The fourth-order valence-electron chi connectivity index (χ4n) is 1.31. The van der Waals surface area contributed by atoms with Gasteiger partial charge in [-0.25, -0.2) is 14.2 Å². The van der Waals surface area contributed by atoms with Crippen LogP contribution in [0.3, 0.4) is 0 Å². The Morgan fingerprint density at radius 3 is 2.93 bits per heavy atom. The predicted octanol–water partition coefficient (Wildman–Crippen LogP) is 1.41. The van der Waals surface area contributed by atoms with Crippen molar-refractivity contribution in [2.24, 2.45) is 0 Å². The topological polar surface area (TPSA) is 75.2 Å². The number of rotatable bonds is 2. The van der Waals surface area contributed by atoms with Gasteiger partial charge in [-0.1, -0.05) is 0 Å². The number of nitrogens with zero attached hydrogens (tertiary/aromatic N) is 1. The molecule has 0 aliphatic carbocycles. The lowest BCUT2D eigenvalue weighted by Crippen LogP contribution is -1.98. The molecule has 5 nitrogen and oxygen atoms in total. The lowest BCUT2D eigenvalue weighted by Gasteiger charge is -1.99. The van der Waals surface area contributed by atoms with Crippen molar-refractivity contribution in [2.45, 2.75) is 0 Å². The lowest BCUT2D eigenvalue weighted by molar-refractivity contribution is 0.0685. The third-order valence-electron chi connectivity index (χ3n) is 1.98. The molecule has 2 aromatic rings. The van der Waals surface area contributed by atoms with Gasteiger partial charge in [-0.3, -0.25) is 0 Å². The summed E-state index contributed by atoms with van der Waals surface area (Å²) in [6, 6.07) is 2.58. The van der Waals surface area contributed by atoms with Gasteiger partial charge in [-0.05, 0) is 12.1 Å². The van der Waals surface area contributed by atoms with Crippen molar-refractivity contribution >= 4 is 17.0 Å². The third kappa shape index (κ3) is 1.39. The van der Waals surface area contributed by atoms with Gasteiger partial charge in [0.15, 0.2) is 5.82 Å². The summed E-state index contributed by atoms with van der Waals surface area (Å²) in [5.74, 6) is -1.79. The zero-order chi connectivity index (χ0) is 11.0. The summed E-state index contributed by atoms with van der Waals surface area (Å²) < 4.78 is 18.2. The number of aromatic carboxylic acids is 1. The first-order valence-corrected chi connectivity index (χ1v) is 4.09. The van der Waals surface area contributed by atoms with E-state index in [1.54, 1.807) is 0 Å². The maximum atomic E-state index is 13.2. The number of carboxylic acids is 1. The summed E-state index contributed by atoms with van der Waals surface area (Å²) >= 11 is 0. The molecular weight excluding hydrogens is 203 g/mol. The molecule has 0 saturated heterocycles. The molecular formula is C9H7FN2O3. The van der Waals surface area contributed by atoms with Crippen molar-refractivity contribution in [3.05, 3.63) is 23.8 Å². The molecule has 0 aliphatic heterocycles. The lowest BCUT2D eigenvalue weighted by atomic mass is 10.3. The molecule has 0 saturated carbocycles. The van der Waals surface area contributed by atoms with Gasteiger partial charge in [0.05, 0.1) is 7.11 Å². The number of aromatic amines is 1. The van der Waals surface area contributed by atoms with Gasteiger partial charge in [0.2, 0.25) is 5.82 Å². The van der Waals surface area contributed by atoms with Crippen LogP contribution in [-0.4, -0.2) is 28.2 Å². The minimum Gasteiger partial charge on any atom is -0.494 e. The van der Waals surface area contributed by atoms with Gasteiger partial charge in [-0.2, -0.15) is 0 Å². The molecule has 2 rings (SSSR count). The number of H-pyrrole nitrogens is 1. The van der Waals surface area contributed by atoms with Crippen LogP contribution >= 0.6 is 0 Å². The highest BCUT2D eigenvalue weighted by molar-refractivity contribution is 5.91. The molecule has 1 heterocycles. The average molecular weight is 210 g/mol. The molecule has 0 radical (unpaired) electrons. The summed E-state index contributed by atoms with van der Waals surface area (Å²) in [7, 11) is 1.41. The van der Waals surface area contributed by atoms with Crippen molar-refractivity contribution < 1.29 is 19.0 Å². The second-order valence-corrected chi connectivity index (χ2v) is 2.86. The average Bonchev–Trinajstić information content (AvgIpc) is 2.64. The minimum atomic E-state index is -1.24. The minimum absolute atomic E-state index is 0.0354. The number of nitrogens with one attached hydrogen (secondary N) is 1. The first-order chi connectivity index (χ1) is 7.13. The molecule has 0 spiro atoms. The molecule has 0 fully saturated rings. The summed E-state index contributed by atoms with van der Waals surface area (Å²) in [5, 5.41) is 8.68. The van der Waals surface area contributed by atoms with Crippen LogP contribution in [-0.2, 0) is 0 Å². The van der Waals surface area contributed by atoms with Crippen LogP contribution in [0, 0.1) is 5.82 Å². The van der Waals surface area contributed by atoms with E-state index in [-0.39, 0.29) is 16.9 Å². The summed E-state index contributed by atoms with van der Waals surface area (Å²) in [4.78, 5) is 16.7. The quantitative estimate of drug-likeness (QED) is 0.785. The Kier molecular flexibility index (Phi) is 2.03. The molecule has 0 bridgehead atoms. The summed E-state index contributed by atoms with van der Waals surface area (Å²) in [5.41, 5.74) is 0.210. The van der Waals surface area contributed by atoms with Gasteiger partial charge in [0.1, 0.15) is 16.8 Å². The first-order valence-electron chi connectivity index (χ1n) is 4.09. The van der Waals surface area contributed by atoms with Crippen molar-refractivity contribution in [2.75, 3.05) is 7.11 Å². The molecule has 78 valence electrons. The second-order valence-electron chi connectivity index (χ2n) is 2.86. The fraction of sp³-hybridized carbons (Fsp3) is 0.111. The van der Waals surface area contributed by atoms with E-state index in [0.717, 1.165) is 0 Å². The fourth-order valence-corrected chi connectivity index (χ4v) is 1.31. The number of benzene rings is 1. The third-order valence-corrected chi connectivity index (χ3v) is 1.98. The van der Waals surface area contributed by atoms with Crippen molar-refractivity contribution in [1.82, 2.24) is 9.97 Å². The van der Waals surface area contributed by atoms with Gasteiger partial charge in [-0.15, -0.1) is 0 Å². The van der Waals surface area contributed by atoms with Gasteiger partial charge >= 0.3 is 5.97 Å². The molecule has 0 unspecified atom stereocenters. The Hall–Kier alpha value is -2.11. The van der Waals surface area contributed by atoms with Crippen LogP contribution in [0.15, 0.2) is 12.1 Å². The van der Waals surface area contributed by atoms with Crippen LogP contribution in [0.1, 0.15) is 10.6 Å². The number of ether oxygens (including phenoxy) is 1. The highest BCUT2D eigenvalue weighted by atomic mass is 19.1. The zero-order valence-corrected chi connectivity index (χ0v) is 7.74. The Balaban J connectivity index is 2.77. The van der Waals surface area contributed by atoms with E-state index >= 15 is 0 Å². The van der Waals surface area contributed by atoms with E-state index < -0.39 is 11.8 Å². The molecule has 6 heteroatoms. The zero-order valence-electron chi connectivity index (χ0n) is 7.74. The monoisotopic (exact) mass is 210 g/mol. The van der Waals surface area contributed by atoms with Crippen molar-refractivity contribution in [3.8, 4) is 5.75 Å². The van der Waals surface area contributed by atoms with Crippen LogP contribution in [0.2, 0.25) is 0 Å². The molecule has 15 heavy (non-hydrogen) atoms. The number of halogens is 1. The van der Waals surface area contributed by atoms with E-state index in [4.69, 9.17) is 9.84 Å². The SMILES string of the molecule is COc1ccc(F)c2nc(C(=O)O)[nH]c12.